The second-order valence-electron chi connectivity index (χ2n) is 7.50. The number of para-hydroxylation sites is 1. The van der Waals surface area contributed by atoms with Gasteiger partial charge in [-0.2, -0.15) is 0 Å². The smallest absolute Gasteiger partial charge is 0.238 e. The van der Waals surface area contributed by atoms with Gasteiger partial charge in [0.1, 0.15) is 0 Å². The Bertz CT molecular complexity index is 890. The lowest BCUT2D eigenvalue weighted by molar-refractivity contribution is -0.135. The van der Waals surface area contributed by atoms with Crippen LogP contribution in [0.2, 0.25) is 0 Å². The molecule has 4 rings (SSSR count). The third-order valence-electron chi connectivity index (χ3n) is 5.61. The average Bonchev–Trinajstić information content (AvgIpc) is 2.92. The molecule has 0 aromatic heterocycles. The van der Waals surface area contributed by atoms with E-state index in [1.165, 1.54) is 0 Å². The summed E-state index contributed by atoms with van der Waals surface area (Å²) >= 11 is 0. The van der Waals surface area contributed by atoms with Crippen molar-refractivity contribution < 1.29 is 9.59 Å². The number of carbonyl (C=O) groups excluding carboxylic acids is 2. The Labute approximate surface area is 160 Å². The van der Waals surface area contributed by atoms with Crippen molar-refractivity contribution in [2.45, 2.75) is 31.7 Å². The third kappa shape index (κ3) is 3.16. The molecule has 138 valence electrons. The van der Waals surface area contributed by atoms with Gasteiger partial charge >= 0.3 is 0 Å². The molecular weight excluding hydrogens is 336 g/mol. The van der Waals surface area contributed by atoms with Crippen LogP contribution in [0.4, 0.5) is 5.69 Å². The maximum Gasteiger partial charge on any atom is 0.238 e. The lowest BCUT2D eigenvalue weighted by Gasteiger charge is -2.29. The molecule has 0 radical (unpaired) electrons. The predicted octanol–water partition coefficient (Wildman–Crippen LogP) is 3.67. The van der Waals surface area contributed by atoms with E-state index in [0.29, 0.717) is 13.1 Å². The highest BCUT2D eigenvalue weighted by Gasteiger charge is 2.48. The molecule has 2 amide bonds. The Balaban J connectivity index is 1.63. The molecule has 2 aromatic carbocycles. The summed E-state index contributed by atoms with van der Waals surface area (Å²) in [4.78, 5) is 30.0. The fourth-order valence-corrected chi connectivity index (χ4v) is 4.07. The van der Waals surface area contributed by atoms with Crippen LogP contribution >= 0.6 is 0 Å². The molecule has 2 heterocycles. The summed E-state index contributed by atoms with van der Waals surface area (Å²) in [5.41, 5.74) is 2.13. The number of carbonyl (C=O) groups is 2. The van der Waals surface area contributed by atoms with Gasteiger partial charge in [0, 0.05) is 25.2 Å². The topological polar surface area (TPSA) is 40.6 Å². The van der Waals surface area contributed by atoms with Crippen molar-refractivity contribution in [1.82, 2.24) is 4.90 Å². The molecular formula is C23H24N2O2. The molecule has 0 spiro atoms. The zero-order chi connectivity index (χ0) is 18.9. The van der Waals surface area contributed by atoms with Crippen LogP contribution in [0.5, 0.6) is 0 Å². The fraction of sp³-hybridized carbons (Fsp3) is 0.304. The van der Waals surface area contributed by atoms with Crippen molar-refractivity contribution in [3.05, 3.63) is 77.9 Å². The monoisotopic (exact) mass is 360 g/mol. The first-order valence-corrected chi connectivity index (χ1v) is 9.48. The van der Waals surface area contributed by atoms with Crippen LogP contribution in [0.3, 0.4) is 0 Å². The fourth-order valence-electron chi connectivity index (χ4n) is 4.07. The lowest BCUT2D eigenvalue weighted by atomic mass is 9.80. The van der Waals surface area contributed by atoms with Gasteiger partial charge in [-0.05, 0) is 30.5 Å². The summed E-state index contributed by atoms with van der Waals surface area (Å²) in [5.74, 6) is 0.0556. The van der Waals surface area contributed by atoms with Crippen molar-refractivity contribution in [3.63, 3.8) is 0 Å². The van der Waals surface area contributed by atoms with Crippen molar-refractivity contribution in [2.75, 3.05) is 18.0 Å². The molecule has 4 heteroatoms. The highest BCUT2D eigenvalue weighted by Crippen LogP contribution is 2.44. The van der Waals surface area contributed by atoms with Gasteiger partial charge in [-0.3, -0.25) is 9.59 Å². The van der Waals surface area contributed by atoms with Crippen molar-refractivity contribution in [1.29, 1.82) is 0 Å². The van der Waals surface area contributed by atoms with Crippen LogP contribution < -0.4 is 4.90 Å². The second-order valence-corrected chi connectivity index (χ2v) is 7.50. The largest absolute Gasteiger partial charge is 0.339 e. The number of nitrogens with zero attached hydrogens (tertiary/aromatic N) is 2. The van der Waals surface area contributed by atoms with Crippen LogP contribution in [0.15, 0.2) is 66.7 Å². The molecule has 0 N–H and O–H groups in total. The maximum atomic E-state index is 13.4. The van der Waals surface area contributed by atoms with Gasteiger partial charge < -0.3 is 9.80 Å². The van der Waals surface area contributed by atoms with Crippen molar-refractivity contribution >= 4 is 17.5 Å². The van der Waals surface area contributed by atoms with Gasteiger partial charge in [-0.15, -0.1) is 0 Å². The quantitative estimate of drug-likeness (QED) is 0.781. The van der Waals surface area contributed by atoms with E-state index in [1.807, 2.05) is 77.4 Å². The van der Waals surface area contributed by atoms with Crippen LogP contribution in [-0.2, 0) is 21.5 Å². The van der Waals surface area contributed by atoms with Gasteiger partial charge in [0.2, 0.25) is 11.8 Å². The van der Waals surface area contributed by atoms with Crippen LogP contribution in [-0.4, -0.2) is 29.8 Å². The van der Waals surface area contributed by atoms with Crippen LogP contribution in [0.1, 0.15) is 30.9 Å². The summed E-state index contributed by atoms with van der Waals surface area (Å²) in [5, 5.41) is 0. The minimum atomic E-state index is -0.816. The van der Waals surface area contributed by atoms with E-state index in [2.05, 4.69) is 6.08 Å². The lowest BCUT2D eigenvalue weighted by Crippen LogP contribution is -2.43. The molecule has 0 aliphatic carbocycles. The summed E-state index contributed by atoms with van der Waals surface area (Å²) < 4.78 is 0. The summed E-state index contributed by atoms with van der Waals surface area (Å²) in [6, 6.07) is 17.9. The molecule has 0 saturated carbocycles. The number of rotatable bonds is 4. The molecule has 1 atom stereocenters. The molecule has 0 saturated heterocycles. The minimum absolute atomic E-state index is 0.00783. The predicted molar refractivity (Wildman–Crippen MR) is 106 cm³/mol. The van der Waals surface area contributed by atoms with E-state index >= 15 is 0 Å². The maximum absolute atomic E-state index is 13.4. The van der Waals surface area contributed by atoms with E-state index in [4.69, 9.17) is 0 Å². The Hall–Kier alpha value is -2.88. The van der Waals surface area contributed by atoms with Gasteiger partial charge in [0.15, 0.2) is 0 Å². The van der Waals surface area contributed by atoms with E-state index in [1.54, 1.807) is 0 Å². The molecule has 2 aromatic rings. The van der Waals surface area contributed by atoms with E-state index in [9.17, 15) is 9.59 Å². The molecule has 0 fully saturated rings. The van der Waals surface area contributed by atoms with Gasteiger partial charge in [0.05, 0.1) is 12.0 Å². The first-order chi connectivity index (χ1) is 13.1. The Morgan fingerprint density at radius 3 is 2.52 bits per heavy atom. The zero-order valence-electron chi connectivity index (χ0n) is 15.6. The van der Waals surface area contributed by atoms with Gasteiger partial charge in [-0.25, -0.2) is 0 Å². The summed E-state index contributed by atoms with van der Waals surface area (Å²) in [6.07, 6.45) is 5.22. The van der Waals surface area contributed by atoms with Crippen LogP contribution in [0, 0.1) is 0 Å². The zero-order valence-corrected chi connectivity index (χ0v) is 15.6. The Morgan fingerprint density at radius 1 is 1.04 bits per heavy atom. The standard InChI is InChI=1S/C23H24N2O2/c1-23(16-21(26)24-14-8-3-9-15-24)19-12-6-7-13-20(19)25(22(23)27)17-18-10-4-2-5-11-18/h2-8,10-13H,9,14-17H2,1H3. The number of amides is 2. The first kappa shape index (κ1) is 17.5. The average molecular weight is 360 g/mol. The molecule has 0 bridgehead atoms. The minimum Gasteiger partial charge on any atom is -0.339 e. The molecule has 2 aliphatic heterocycles. The highest BCUT2D eigenvalue weighted by molar-refractivity contribution is 6.09. The number of anilines is 1. The number of benzene rings is 2. The molecule has 2 aliphatic rings. The van der Waals surface area contributed by atoms with E-state index in [-0.39, 0.29) is 18.2 Å². The SMILES string of the molecule is CC1(CC(=O)N2CC=CCC2)C(=O)N(Cc2ccccc2)c2ccccc21. The van der Waals surface area contributed by atoms with Gasteiger partial charge in [0.25, 0.3) is 0 Å². The Morgan fingerprint density at radius 2 is 1.78 bits per heavy atom. The van der Waals surface area contributed by atoms with E-state index < -0.39 is 5.41 Å². The molecule has 1 unspecified atom stereocenters. The Kier molecular flexibility index (Phi) is 4.56. The summed E-state index contributed by atoms with van der Waals surface area (Å²) in [6.45, 7) is 3.80. The normalized spacial score (nSPS) is 21.4. The number of hydrogen-bond acceptors (Lipinski definition) is 2. The second kappa shape index (κ2) is 7.03. The van der Waals surface area contributed by atoms with E-state index in [0.717, 1.165) is 29.8 Å². The highest BCUT2D eigenvalue weighted by atomic mass is 16.2. The van der Waals surface area contributed by atoms with Crippen molar-refractivity contribution in [3.8, 4) is 0 Å². The van der Waals surface area contributed by atoms with Crippen LogP contribution in [0.25, 0.3) is 0 Å². The first-order valence-electron chi connectivity index (χ1n) is 9.48. The van der Waals surface area contributed by atoms with Gasteiger partial charge in [-0.1, -0.05) is 60.7 Å². The molecule has 4 nitrogen and oxygen atoms in total. The molecule has 27 heavy (non-hydrogen) atoms. The number of fused-ring (bicyclic) bond motifs is 1. The van der Waals surface area contributed by atoms with Crippen molar-refractivity contribution in [2.24, 2.45) is 0 Å². The number of hydrogen-bond donors (Lipinski definition) is 0. The summed E-state index contributed by atoms with van der Waals surface area (Å²) in [7, 11) is 0. The third-order valence-corrected chi connectivity index (χ3v) is 5.61.